The predicted molar refractivity (Wildman–Crippen MR) is 55.3 cm³/mol. The molecule has 4 heteroatoms. The molecule has 0 aliphatic carbocycles. The molecule has 0 unspecified atom stereocenters. The monoisotopic (exact) mass is 195 g/mol. The van der Waals surface area contributed by atoms with Gasteiger partial charge in [0.2, 0.25) is 0 Å². The first-order valence-electron chi connectivity index (χ1n) is 5.31. The molecule has 1 aliphatic heterocycles. The number of H-pyrrole nitrogens is 1. The maximum Gasteiger partial charge on any atom is 0.266 e. The standard InChI is InChI=1S/C10H17N3O/c14-10-3-7-12-13(10)8-4-9-1-5-11-6-2-9/h3,7,9,11-12H,1-2,4-6,8H2. The van der Waals surface area contributed by atoms with Gasteiger partial charge in [0.15, 0.2) is 0 Å². The maximum atomic E-state index is 11.2. The van der Waals surface area contributed by atoms with E-state index in [1.165, 1.54) is 12.8 Å². The van der Waals surface area contributed by atoms with Crippen LogP contribution in [0.5, 0.6) is 0 Å². The van der Waals surface area contributed by atoms with E-state index >= 15 is 0 Å². The Morgan fingerprint density at radius 3 is 2.86 bits per heavy atom. The molecule has 1 fully saturated rings. The summed E-state index contributed by atoms with van der Waals surface area (Å²) in [5, 5.41) is 6.28. The van der Waals surface area contributed by atoms with Gasteiger partial charge in [-0.05, 0) is 38.3 Å². The third-order valence-corrected chi connectivity index (χ3v) is 2.94. The van der Waals surface area contributed by atoms with E-state index in [1.54, 1.807) is 16.9 Å². The van der Waals surface area contributed by atoms with Gasteiger partial charge in [0.05, 0.1) is 0 Å². The zero-order chi connectivity index (χ0) is 9.80. The van der Waals surface area contributed by atoms with E-state index in [1.807, 2.05) is 0 Å². The number of nitrogens with one attached hydrogen (secondary N) is 2. The lowest BCUT2D eigenvalue weighted by molar-refractivity contribution is 0.330. The summed E-state index contributed by atoms with van der Waals surface area (Å²) in [5.74, 6) is 0.784. The summed E-state index contributed by atoms with van der Waals surface area (Å²) < 4.78 is 1.68. The zero-order valence-electron chi connectivity index (χ0n) is 8.33. The lowest BCUT2D eigenvalue weighted by Gasteiger charge is -2.22. The van der Waals surface area contributed by atoms with E-state index in [0.29, 0.717) is 0 Å². The molecule has 0 aromatic carbocycles. The van der Waals surface area contributed by atoms with Crippen molar-refractivity contribution in [3.63, 3.8) is 0 Å². The van der Waals surface area contributed by atoms with Crippen LogP contribution < -0.4 is 10.9 Å². The van der Waals surface area contributed by atoms with Crippen LogP contribution in [-0.2, 0) is 6.54 Å². The average Bonchev–Trinajstić information content (AvgIpc) is 2.63. The molecular formula is C10H17N3O. The average molecular weight is 195 g/mol. The van der Waals surface area contributed by atoms with Gasteiger partial charge in [0, 0.05) is 18.8 Å². The van der Waals surface area contributed by atoms with E-state index < -0.39 is 0 Å². The molecule has 1 saturated heterocycles. The fraction of sp³-hybridized carbons (Fsp3) is 0.700. The lowest BCUT2D eigenvalue weighted by atomic mass is 9.95. The van der Waals surface area contributed by atoms with Crippen LogP contribution in [0.1, 0.15) is 19.3 Å². The predicted octanol–water partition coefficient (Wildman–Crippen LogP) is 0.566. The molecule has 0 atom stereocenters. The van der Waals surface area contributed by atoms with Crippen molar-refractivity contribution < 1.29 is 0 Å². The second kappa shape index (κ2) is 4.46. The van der Waals surface area contributed by atoms with Crippen LogP contribution in [0.25, 0.3) is 0 Å². The van der Waals surface area contributed by atoms with E-state index in [9.17, 15) is 4.79 Å². The van der Waals surface area contributed by atoms with Crippen LogP contribution in [0, 0.1) is 5.92 Å². The number of aryl methyl sites for hydroxylation is 1. The van der Waals surface area contributed by atoms with Crippen LogP contribution in [0.4, 0.5) is 0 Å². The van der Waals surface area contributed by atoms with Gasteiger partial charge >= 0.3 is 0 Å². The number of hydrogen-bond donors (Lipinski definition) is 2. The first-order chi connectivity index (χ1) is 6.86. The molecule has 2 rings (SSSR count). The van der Waals surface area contributed by atoms with Gasteiger partial charge in [0.1, 0.15) is 0 Å². The molecule has 2 heterocycles. The number of rotatable bonds is 3. The van der Waals surface area contributed by atoms with Gasteiger partial charge in [0.25, 0.3) is 5.56 Å². The van der Waals surface area contributed by atoms with Gasteiger partial charge in [-0.3, -0.25) is 9.48 Å². The molecule has 0 bridgehead atoms. The minimum Gasteiger partial charge on any atom is -0.317 e. The molecule has 0 saturated carbocycles. The molecule has 1 aliphatic rings. The second-order valence-corrected chi connectivity index (χ2v) is 3.93. The van der Waals surface area contributed by atoms with Gasteiger partial charge in [-0.25, -0.2) is 0 Å². The molecule has 2 N–H and O–H groups in total. The lowest BCUT2D eigenvalue weighted by Crippen LogP contribution is -2.29. The van der Waals surface area contributed by atoms with Gasteiger partial charge in [-0.15, -0.1) is 0 Å². The molecule has 1 aromatic heterocycles. The Balaban J connectivity index is 1.82. The van der Waals surface area contributed by atoms with Crippen LogP contribution >= 0.6 is 0 Å². The van der Waals surface area contributed by atoms with Gasteiger partial charge in [-0.2, -0.15) is 0 Å². The van der Waals surface area contributed by atoms with E-state index in [2.05, 4.69) is 10.4 Å². The normalized spacial score (nSPS) is 18.6. The van der Waals surface area contributed by atoms with Crippen molar-refractivity contribution in [3.05, 3.63) is 22.6 Å². The summed E-state index contributed by atoms with van der Waals surface area (Å²) in [7, 11) is 0. The van der Waals surface area contributed by atoms with Crippen molar-refractivity contribution in [3.8, 4) is 0 Å². The third kappa shape index (κ3) is 2.26. The highest BCUT2D eigenvalue weighted by molar-refractivity contribution is 4.80. The number of aromatic nitrogens is 2. The van der Waals surface area contributed by atoms with Crippen molar-refractivity contribution >= 4 is 0 Å². The zero-order valence-corrected chi connectivity index (χ0v) is 8.33. The summed E-state index contributed by atoms with van der Waals surface area (Å²) >= 11 is 0. The Labute approximate surface area is 83.3 Å². The van der Waals surface area contributed by atoms with Crippen LogP contribution in [-0.4, -0.2) is 22.9 Å². The number of aromatic amines is 1. The van der Waals surface area contributed by atoms with Crippen molar-refractivity contribution in [2.45, 2.75) is 25.8 Å². The largest absolute Gasteiger partial charge is 0.317 e. The fourth-order valence-corrected chi connectivity index (χ4v) is 2.01. The maximum absolute atomic E-state index is 11.2. The van der Waals surface area contributed by atoms with Crippen LogP contribution in [0.3, 0.4) is 0 Å². The number of piperidine rings is 1. The molecule has 0 spiro atoms. The summed E-state index contributed by atoms with van der Waals surface area (Å²) in [6.45, 7) is 3.09. The Morgan fingerprint density at radius 1 is 1.43 bits per heavy atom. The highest BCUT2D eigenvalue weighted by Gasteiger charge is 2.12. The van der Waals surface area contributed by atoms with Crippen molar-refractivity contribution in [2.24, 2.45) is 5.92 Å². The van der Waals surface area contributed by atoms with E-state index in [-0.39, 0.29) is 5.56 Å². The molecule has 14 heavy (non-hydrogen) atoms. The third-order valence-electron chi connectivity index (χ3n) is 2.94. The Bertz CT molecular complexity index is 322. The summed E-state index contributed by atoms with van der Waals surface area (Å²) in [6.07, 6.45) is 5.30. The van der Waals surface area contributed by atoms with Crippen LogP contribution in [0.2, 0.25) is 0 Å². The first-order valence-corrected chi connectivity index (χ1v) is 5.31. The topological polar surface area (TPSA) is 49.8 Å². The second-order valence-electron chi connectivity index (χ2n) is 3.93. The van der Waals surface area contributed by atoms with Crippen molar-refractivity contribution in [1.29, 1.82) is 0 Å². The molecule has 4 nitrogen and oxygen atoms in total. The smallest absolute Gasteiger partial charge is 0.266 e. The van der Waals surface area contributed by atoms with Crippen molar-refractivity contribution in [1.82, 2.24) is 15.1 Å². The molecule has 1 aromatic rings. The molecular weight excluding hydrogens is 178 g/mol. The van der Waals surface area contributed by atoms with Gasteiger partial charge in [-0.1, -0.05) is 0 Å². The number of hydrogen-bond acceptors (Lipinski definition) is 2. The highest BCUT2D eigenvalue weighted by atomic mass is 16.1. The van der Waals surface area contributed by atoms with E-state index in [0.717, 1.165) is 32.0 Å². The first kappa shape index (κ1) is 9.52. The highest BCUT2D eigenvalue weighted by Crippen LogP contribution is 2.15. The van der Waals surface area contributed by atoms with E-state index in [4.69, 9.17) is 0 Å². The molecule has 78 valence electrons. The van der Waals surface area contributed by atoms with Gasteiger partial charge < -0.3 is 10.4 Å². The quantitative estimate of drug-likeness (QED) is 0.740. The van der Waals surface area contributed by atoms with Crippen molar-refractivity contribution in [2.75, 3.05) is 13.1 Å². The summed E-state index contributed by atoms with van der Waals surface area (Å²) in [4.78, 5) is 11.2. The van der Waals surface area contributed by atoms with Crippen LogP contribution in [0.15, 0.2) is 17.1 Å². The summed E-state index contributed by atoms with van der Waals surface area (Å²) in [5.41, 5.74) is 0.0823. The minimum absolute atomic E-state index is 0.0823. The minimum atomic E-state index is 0.0823. The number of nitrogens with zero attached hydrogens (tertiary/aromatic N) is 1. The Morgan fingerprint density at radius 2 is 2.21 bits per heavy atom. The Hall–Kier alpha value is -1.03. The molecule has 0 amide bonds. The Kier molecular flexibility index (Phi) is 3.03. The SMILES string of the molecule is O=c1cc[nH]n1CCC1CCNCC1. The summed E-state index contributed by atoms with van der Waals surface area (Å²) in [6, 6.07) is 1.57. The fourth-order valence-electron chi connectivity index (χ4n) is 2.01. The molecule has 0 radical (unpaired) electrons.